The van der Waals surface area contributed by atoms with Crippen molar-refractivity contribution in [2.24, 2.45) is 12.8 Å². The summed E-state index contributed by atoms with van der Waals surface area (Å²) < 4.78 is 2.04. The van der Waals surface area contributed by atoms with E-state index in [1.807, 2.05) is 11.6 Å². The first-order valence-corrected chi connectivity index (χ1v) is 6.41. The Balaban J connectivity index is 2.57. The van der Waals surface area contributed by atoms with E-state index < -0.39 is 0 Å². The molecule has 1 aromatic carbocycles. The molecule has 96 valence electrons. The maximum atomic E-state index is 6.18. The van der Waals surface area contributed by atoms with Crippen LogP contribution in [0.2, 0.25) is 5.15 Å². The molecule has 0 fully saturated rings. The predicted octanol–water partition coefficient (Wildman–Crippen LogP) is 2.86. The molecule has 0 saturated heterocycles. The highest BCUT2D eigenvalue weighted by Gasteiger charge is 2.15. The quantitative estimate of drug-likeness (QED) is 0.925. The van der Waals surface area contributed by atoms with E-state index in [4.69, 9.17) is 17.3 Å². The van der Waals surface area contributed by atoms with Gasteiger partial charge in [0.2, 0.25) is 0 Å². The highest BCUT2D eigenvalue weighted by atomic mass is 35.5. The lowest BCUT2D eigenvalue weighted by molar-refractivity contribution is 0.810. The smallest absolute Gasteiger partial charge is 0.151 e. The lowest BCUT2D eigenvalue weighted by Gasteiger charge is -2.08. The molecule has 0 atom stereocenters. The van der Waals surface area contributed by atoms with Gasteiger partial charge in [0.1, 0.15) is 5.82 Å². The number of aryl methyl sites for hydroxylation is 2. The average Bonchev–Trinajstić information content (AvgIpc) is 2.61. The topological polar surface area (TPSA) is 43.8 Å². The van der Waals surface area contributed by atoms with Crippen LogP contribution in [0.1, 0.15) is 16.8 Å². The van der Waals surface area contributed by atoms with Crippen molar-refractivity contribution in [1.29, 1.82) is 0 Å². The predicted molar refractivity (Wildman–Crippen MR) is 75.9 cm³/mol. The molecule has 0 aliphatic rings. The molecule has 3 nitrogen and oxygen atoms in total. The Morgan fingerprint density at radius 1 is 1.33 bits per heavy atom. The van der Waals surface area contributed by atoms with E-state index in [0.717, 1.165) is 23.5 Å². The number of rotatable bonds is 3. The average molecular weight is 264 g/mol. The zero-order valence-electron chi connectivity index (χ0n) is 11.0. The summed E-state index contributed by atoms with van der Waals surface area (Å²) in [7, 11) is 1.99. The van der Waals surface area contributed by atoms with Gasteiger partial charge in [0, 0.05) is 19.0 Å². The fourth-order valence-electron chi connectivity index (χ4n) is 2.12. The van der Waals surface area contributed by atoms with Crippen molar-refractivity contribution in [1.82, 2.24) is 9.55 Å². The van der Waals surface area contributed by atoms with E-state index >= 15 is 0 Å². The van der Waals surface area contributed by atoms with E-state index in [-0.39, 0.29) is 0 Å². The summed E-state index contributed by atoms with van der Waals surface area (Å²) in [6.07, 6.45) is 0.743. The summed E-state index contributed by atoms with van der Waals surface area (Å²) >= 11 is 6.18. The lowest BCUT2D eigenvalue weighted by Crippen LogP contribution is -2.07. The van der Waals surface area contributed by atoms with Crippen LogP contribution in [0.3, 0.4) is 0 Å². The molecule has 4 heteroatoms. The van der Waals surface area contributed by atoms with Crippen molar-refractivity contribution in [2.75, 3.05) is 6.54 Å². The number of nitrogens with zero attached hydrogens (tertiary/aromatic N) is 2. The summed E-state index contributed by atoms with van der Waals surface area (Å²) in [6, 6.07) is 6.35. The van der Waals surface area contributed by atoms with Gasteiger partial charge in [-0.25, -0.2) is 4.98 Å². The Labute approximate surface area is 113 Å². The van der Waals surface area contributed by atoms with Crippen molar-refractivity contribution < 1.29 is 0 Å². The minimum Gasteiger partial charge on any atom is -0.330 e. The van der Waals surface area contributed by atoms with E-state index in [0.29, 0.717) is 11.7 Å². The molecule has 1 heterocycles. The van der Waals surface area contributed by atoms with Crippen LogP contribution < -0.4 is 5.73 Å². The molecule has 0 bridgehead atoms. The minimum absolute atomic E-state index is 0.554. The van der Waals surface area contributed by atoms with Crippen molar-refractivity contribution in [3.63, 3.8) is 0 Å². The number of imidazole rings is 1. The third-order valence-corrected chi connectivity index (χ3v) is 3.48. The Morgan fingerprint density at radius 2 is 2.06 bits per heavy atom. The van der Waals surface area contributed by atoms with Crippen LogP contribution in [0.4, 0.5) is 0 Å². The molecule has 0 aliphatic carbocycles. The number of benzene rings is 1. The standard InChI is InChI=1S/C14H18ClN3/c1-9-4-5-10(2)11(8-9)14-17-13(15)12(6-7-16)18(14)3/h4-5,8H,6-7,16H2,1-3H3. The Kier molecular flexibility index (Phi) is 3.73. The summed E-state index contributed by atoms with van der Waals surface area (Å²) in [5, 5.41) is 0.554. The van der Waals surface area contributed by atoms with Gasteiger partial charge in [-0.2, -0.15) is 0 Å². The molecule has 18 heavy (non-hydrogen) atoms. The SMILES string of the molecule is Cc1ccc(C)c(-c2nc(Cl)c(CCN)n2C)c1. The van der Waals surface area contributed by atoms with Gasteiger partial charge in [-0.15, -0.1) is 0 Å². The highest BCUT2D eigenvalue weighted by molar-refractivity contribution is 6.30. The highest BCUT2D eigenvalue weighted by Crippen LogP contribution is 2.27. The maximum absolute atomic E-state index is 6.18. The molecule has 2 aromatic rings. The largest absolute Gasteiger partial charge is 0.330 e. The number of aromatic nitrogens is 2. The van der Waals surface area contributed by atoms with Crippen LogP contribution in [-0.4, -0.2) is 16.1 Å². The maximum Gasteiger partial charge on any atom is 0.151 e. The molecule has 0 aliphatic heterocycles. The number of nitrogens with two attached hydrogens (primary N) is 1. The molecular formula is C14H18ClN3. The summed E-state index contributed by atoms with van der Waals surface area (Å²) in [6.45, 7) is 4.74. The first kappa shape index (κ1) is 13.1. The van der Waals surface area contributed by atoms with Gasteiger partial charge in [-0.3, -0.25) is 0 Å². The van der Waals surface area contributed by atoms with Gasteiger partial charge in [0.05, 0.1) is 5.69 Å². The van der Waals surface area contributed by atoms with Crippen LogP contribution in [-0.2, 0) is 13.5 Å². The molecular weight excluding hydrogens is 246 g/mol. The second kappa shape index (κ2) is 5.12. The van der Waals surface area contributed by atoms with Crippen LogP contribution in [0, 0.1) is 13.8 Å². The Hall–Kier alpha value is -1.32. The van der Waals surface area contributed by atoms with Gasteiger partial charge in [-0.1, -0.05) is 29.3 Å². The van der Waals surface area contributed by atoms with Gasteiger partial charge in [0.15, 0.2) is 5.15 Å². The van der Waals surface area contributed by atoms with Crippen LogP contribution in [0.15, 0.2) is 18.2 Å². The molecule has 2 N–H and O–H groups in total. The molecule has 0 radical (unpaired) electrons. The van der Waals surface area contributed by atoms with Gasteiger partial charge in [0.25, 0.3) is 0 Å². The van der Waals surface area contributed by atoms with E-state index in [9.17, 15) is 0 Å². The third-order valence-electron chi connectivity index (χ3n) is 3.18. The molecule has 0 amide bonds. The van der Waals surface area contributed by atoms with Gasteiger partial charge >= 0.3 is 0 Å². The minimum atomic E-state index is 0.554. The molecule has 0 saturated carbocycles. The van der Waals surface area contributed by atoms with E-state index in [1.54, 1.807) is 0 Å². The first-order chi connectivity index (χ1) is 8.54. The molecule has 0 spiro atoms. The number of hydrogen-bond acceptors (Lipinski definition) is 2. The second-order valence-electron chi connectivity index (χ2n) is 4.59. The van der Waals surface area contributed by atoms with Gasteiger partial charge < -0.3 is 10.3 Å². The fraction of sp³-hybridized carbons (Fsp3) is 0.357. The fourth-order valence-corrected chi connectivity index (χ4v) is 2.43. The van der Waals surface area contributed by atoms with Gasteiger partial charge in [-0.05, 0) is 32.0 Å². The van der Waals surface area contributed by atoms with Crippen molar-refractivity contribution in [3.8, 4) is 11.4 Å². The van der Waals surface area contributed by atoms with Crippen LogP contribution >= 0.6 is 11.6 Å². The van der Waals surface area contributed by atoms with Crippen LogP contribution in [0.25, 0.3) is 11.4 Å². The van der Waals surface area contributed by atoms with Crippen LogP contribution in [0.5, 0.6) is 0 Å². The molecule has 0 unspecified atom stereocenters. The summed E-state index contributed by atoms with van der Waals surface area (Å²) in [5.74, 6) is 0.907. The third kappa shape index (κ3) is 2.28. The van der Waals surface area contributed by atoms with Crippen molar-refractivity contribution >= 4 is 11.6 Å². The normalized spacial score (nSPS) is 10.9. The molecule has 2 rings (SSSR count). The van der Waals surface area contributed by atoms with E-state index in [1.165, 1.54) is 11.1 Å². The number of halogens is 1. The summed E-state index contributed by atoms with van der Waals surface area (Å²) in [5.41, 5.74) is 10.1. The monoisotopic (exact) mass is 263 g/mol. The first-order valence-electron chi connectivity index (χ1n) is 6.03. The number of hydrogen-bond donors (Lipinski definition) is 1. The molecule has 1 aromatic heterocycles. The Morgan fingerprint density at radius 3 is 2.72 bits per heavy atom. The zero-order chi connectivity index (χ0) is 13.3. The van der Waals surface area contributed by atoms with E-state index in [2.05, 4.69) is 37.0 Å². The zero-order valence-corrected chi connectivity index (χ0v) is 11.8. The Bertz CT molecular complexity index is 573. The lowest BCUT2D eigenvalue weighted by atomic mass is 10.1. The van der Waals surface area contributed by atoms with Crippen molar-refractivity contribution in [3.05, 3.63) is 40.2 Å². The second-order valence-corrected chi connectivity index (χ2v) is 4.95. The summed E-state index contributed by atoms with van der Waals surface area (Å²) in [4.78, 5) is 4.47. The van der Waals surface area contributed by atoms with Crippen molar-refractivity contribution in [2.45, 2.75) is 20.3 Å².